The van der Waals surface area contributed by atoms with Crippen molar-refractivity contribution in [1.29, 1.82) is 0 Å². The van der Waals surface area contributed by atoms with E-state index in [0.717, 1.165) is 19.3 Å². The maximum atomic E-state index is 12.0. The van der Waals surface area contributed by atoms with Gasteiger partial charge in [0.1, 0.15) is 0 Å². The van der Waals surface area contributed by atoms with Crippen LogP contribution in [0.5, 0.6) is 0 Å². The molecular formula is C16H26N2O3S. The van der Waals surface area contributed by atoms with E-state index in [1.54, 1.807) is 24.3 Å². The molecule has 0 saturated carbocycles. The van der Waals surface area contributed by atoms with Crippen LogP contribution in [0.15, 0.2) is 24.3 Å². The van der Waals surface area contributed by atoms with Crippen LogP contribution in [-0.2, 0) is 10.0 Å². The first-order valence-corrected chi connectivity index (χ1v) is 9.52. The van der Waals surface area contributed by atoms with Crippen LogP contribution < -0.4 is 10.0 Å². The maximum absolute atomic E-state index is 12.0. The first kappa shape index (κ1) is 18.5. The molecule has 0 fully saturated rings. The summed E-state index contributed by atoms with van der Waals surface area (Å²) in [6.45, 7) is 4.59. The number of sulfonamides is 1. The van der Waals surface area contributed by atoms with Gasteiger partial charge in [0.15, 0.2) is 0 Å². The summed E-state index contributed by atoms with van der Waals surface area (Å²) in [5.41, 5.74) is 0.888. The lowest BCUT2D eigenvalue weighted by atomic mass is 10.2. The molecule has 1 aromatic carbocycles. The number of carbonyl (C=O) groups excluding carboxylic acids is 1. The Morgan fingerprint density at radius 2 is 1.86 bits per heavy atom. The smallest absolute Gasteiger partial charge is 0.251 e. The van der Waals surface area contributed by atoms with E-state index in [2.05, 4.69) is 17.0 Å². The third-order valence-corrected chi connectivity index (χ3v) is 4.68. The summed E-state index contributed by atoms with van der Waals surface area (Å²) < 4.78 is 26.0. The molecule has 0 heterocycles. The fourth-order valence-electron chi connectivity index (χ4n) is 2.08. The van der Waals surface area contributed by atoms with Gasteiger partial charge in [0.25, 0.3) is 5.91 Å². The summed E-state index contributed by atoms with van der Waals surface area (Å²) in [7, 11) is -3.34. The monoisotopic (exact) mass is 326 g/mol. The lowest BCUT2D eigenvalue weighted by Crippen LogP contribution is -2.24. The highest BCUT2D eigenvalue weighted by atomic mass is 32.2. The van der Waals surface area contributed by atoms with Gasteiger partial charge in [-0.25, -0.2) is 8.42 Å². The summed E-state index contributed by atoms with van der Waals surface area (Å²) >= 11 is 0. The van der Waals surface area contributed by atoms with Crippen LogP contribution in [0, 0.1) is 0 Å². The number of nitrogens with one attached hydrogen (secondary N) is 2. The summed E-state index contributed by atoms with van der Waals surface area (Å²) in [4.78, 5) is 12.0. The Hall–Kier alpha value is -1.56. The molecule has 0 aliphatic rings. The molecule has 0 spiro atoms. The van der Waals surface area contributed by atoms with Crippen molar-refractivity contribution >= 4 is 21.6 Å². The number of unbranched alkanes of at least 4 members (excludes halogenated alkanes) is 3. The minimum atomic E-state index is -3.34. The summed E-state index contributed by atoms with van der Waals surface area (Å²) in [5, 5.41) is 2.86. The van der Waals surface area contributed by atoms with E-state index in [4.69, 9.17) is 0 Å². The average molecular weight is 326 g/mol. The van der Waals surface area contributed by atoms with Gasteiger partial charge in [0.2, 0.25) is 10.0 Å². The second-order valence-corrected chi connectivity index (χ2v) is 7.16. The third kappa shape index (κ3) is 6.93. The molecule has 6 heteroatoms. The maximum Gasteiger partial charge on any atom is 0.251 e. The molecule has 0 atom stereocenters. The highest BCUT2D eigenvalue weighted by Crippen LogP contribution is 2.13. The fourth-order valence-corrected chi connectivity index (χ4v) is 3.20. The molecule has 0 aromatic heterocycles. The van der Waals surface area contributed by atoms with Crippen molar-refractivity contribution in [3.05, 3.63) is 29.8 Å². The van der Waals surface area contributed by atoms with Crippen molar-refractivity contribution in [2.24, 2.45) is 0 Å². The second kappa shape index (κ2) is 9.46. The Bertz CT molecular complexity index is 571. The van der Waals surface area contributed by atoms with Crippen molar-refractivity contribution in [2.45, 2.75) is 46.0 Å². The van der Waals surface area contributed by atoms with E-state index in [1.165, 1.54) is 6.42 Å². The van der Waals surface area contributed by atoms with Crippen LogP contribution in [-0.4, -0.2) is 26.6 Å². The van der Waals surface area contributed by atoms with Crippen LogP contribution in [0.1, 0.15) is 56.3 Å². The summed E-state index contributed by atoms with van der Waals surface area (Å²) in [5.74, 6) is -0.103. The molecular weight excluding hydrogens is 300 g/mol. The SMILES string of the molecule is CCCCCCNC(=O)c1cccc(NS(=O)(=O)CCC)c1. The highest BCUT2D eigenvalue weighted by Gasteiger charge is 2.11. The summed E-state index contributed by atoms with van der Waals surface area (Å²) in [6, 6.07) is 6.56. The standard InChI is InChI=1S/C16H26N2O3S/c1-3-5-6-7-11-17-16(19)14-9-8-10-15(13-14)18-22(20,21)12-4-2/h8-10,13,18H,3-7,11-12H2,1-2H3,(H,17,19). The van der Waals surface area contributed by atoms with Crippen LogP contribution in [0.2, 0.25) is 0 Å². The molecule has 2 N–H and O–H groups in total. The van der Waals surface area contributed by atoms with E-state index >= 15 is 0 Å². The number of anilines is 1. The molecule has 0 bridgehead atoms. The first-order valence-electron chi connectivity index (χ1n) is 7.87. The zero-order chi connectivity index (χ0) is 16.4. The Labute approximate surface area is 133 Å². The predicted molar refractivity (Wildman–Crippen MR) is 90.6 cm³/mol. The van der Waals surface area contributed by atoms with Gasteiger partial charge in [-0.3, -0.25) is 9.52 Å². The topological polar surface area (TPSA) is 75.3 Å². The van der Waals surface area contributed by atoms with Crippen molar-refractivity contribution in [1.82, 2.24) is 5.32 Å². The number of carbonyl (C=O) groups is 1. The number of benzene rings is 1. The minimum absolute atomic E-state index is 0.0703. The third-order valence-electron chi connectivity index (χ3n) is 3.19. The molecule has 1 amide bonds. The van der Waals surface area contributed by atoms with Gasteiger partial charge in [-0.1, -0.05) is 39.2 Å². The summed E-state index contributed by atoms with van der Waals surface area (Å²) in [6.07, 6.45) is 4.95. The normalized spacial score (nSPS) is 11.2. The van der Waals surface area contributed by atoms with Gasteiger partial charge in [-0.15, -0.1) is 0 Å². The van der Waals surface area contributed by atoms with Crippen LogP contribution in [0.4, 0.5) is 5.69 Å². The Kier molecular flexibility index (Phi) is 7.95. The fraction of sp³-hybridized carbons (Fsp3) is 0.562. The quantitative estimate of drug-likeness (QED) is 0.649. The lowest BCUT2D eigenvalue weighted by molar-refractivity contribution is 0.0953. The van der Waals surface area contributed by atoms with Crippen LogP contribution in [0.3, 0.4) is 0 Å². The largest absolute Gasteiger partial charge is 0.352 e. The van der Waals surface area contributed by atoms with E-state index in [1.807, 2.05) is 6.92 Å². The van der Waals surface area contributed by atoms with Crippen LogP contribution in [0.25, 0.3) is 0 Å². The molecule has 22 heavy (non-hydrogen) atoms. The molecule has 0 aliphatic heterocycles. The van der Waals surface area contributed by atoms with Gasteiger partial charge < -0.3 is 5.32 Å². The molecule has 5 nitrogen and oxygen atoms in total. The predicted octanol–water partition coefficient (Wildman–Crippen LogP) is 3.15. The minimum Gasteiger partial charge on any atom is -0.352 e. The molecule has 0 radical (unpaired) electrons. The van der Waals surface area contributed by atoms with E-state index in [-0.39, 0.29) is 11.7 Å². The molecule has 1 rings (SSSR count). The van der Waals surface area contributed by atoms with E-state index < -0.39 is 10.0 Å². The van der Waals surface area contributed by atoms with Crippen molar-refractivity contribution in [3.63, 3.8) is 0 Å². The van der Waals surface area contributed by atoms with Crippen molar-refractivity contribution in [3.8, 4) is 0 Å². The van der Waals surface area contributed by atoms with E-state index in [0.29, 0.717) is 24.2 Å². The van der Waals surface area contributed by atoms with Gasteiger partial charge >= 0.3 is 0 Å². The first-order chi connectivity index (χ1) is 10.5. The Balaban J connectivity index is 2.58. The average Bonchev–Trinajstić information content (AvgIpc) is 2.46. The molecule has 1 aromatic rings. The van der Waals surface area contributed by atoms with Crippen LogP contribution >= 0.6 is 0 Å². The highest BCUT2D eigenvalue weighted by molar-refractivity contribution is 7.92. The Morgan fingerprint density at radius 1 is 1.09 bits per heavy atom. The van der Waals surface area contributed by atoms with Gasteiger partial charge in [0.05, 0.1) is 5.75 Å². The van der Waals surface area contributed by atoms with E-state index in [9.17, 15) is 13.2 Å². The molecule has 0 unspecified atom stereocenters. The lowest BCUT2D eigenvalue weighted by Gasteiger charge is -2.09. The van der Waals surface area contributed by atoms with Gasteiger partial charge in [0, 0.05) is 17.8 Å². The number of hydrogen-bond donors (Lipinski definition) is 2. The van der Waals surface area contributed by atoms with Gasteiger partial charge in [-0.2, -0.15) is 0 Å². The molecule has 0 aliphatic carbocycles. The second-order valence-electron chi connectivity index (χ2n) is 5.32. The molecule has 0 saturated heterocycles. The molecule has 124 valence electrons. The van der Waals surface area contributed by atoms with Crippen molar-refractivity contribution in [2.75, 3.05) is 17.0 Å². The van der Waals surface area contributed by atoms with Crippen molar-refractivity contribution < 1.29 is 13.2 Å². The number of hydrogen-bond acceptors (Lipinski definition) is 3. The zero-order valence-corrected chi connectivity index (χ0v) is 14.2. The number of amides is 1. The Morgan fingerprint density at radius 3 is 2.55 bits per heavy atom. The zero-order valence-electron chi connectivity index (χ0n) is 13.4. The number of rotatable bonds is 10. The van der Waals surface area contributed by atoms with Gasteiger partial charge in [-0.05, 0) is 31.0 Å².